The van der Waals surface area contributed by atoms with E-state index in [1.165, 1.54) is 11.3 Å². The molecule has 4 amide bonds. The average molecular weight is 785 g/mol. The van der Waals surface area contributed by atoms with Crippen LogP contribution in [0.1, 0.15) is 90.8 Å². The Morgan fingerprint density at radius 2 is 1.62 bits per heavy atom. The van der Waals surface area contributed by atoms with Crippen LogP contribution in [0.15, 0.2) is 41.9 Å². The van der Waals surface area contributed by atoms with Gasteiger partial charge in [0.1, 0.15) is 11.0 Å². The summed E-state index contributed by atoms with van der Waals surface area (Å²) in [6.07, 6.45) is 3.49. The number of hydrogen-bond donors (Lipinski definition) is 2. The van der Waals surface area contributed by atoms with Gasteiger partial charge in [0.2, 0.25) is 23.6 Å². The van der Waals surface area contributed by atoms with Crippen LogP contribution in [0.2, 0.25) is 0 Å². The zero-order chi connectivity index (χ0) is 41.0. The summed E-state index contributed by atoms with van der Waals surface area (Å²) in [6, 6.07) is 7.83. The largest absolute Gasteiger partial charge is 0.379 e. The molecule has 1 aromatic heterocycles. The standard InChI is InChI=1S/C42H68N6O6S/c1-13-28(6)37(47(10)42(52)35(26(2)3)45-40(51)36(27(4)5)46(8)9)33(53-11)25-34(49)48-22-17-20-32(48)38(54-12)29(7)39(50)44-31(41-43-21-23-55-41)24-30-18-15-14-16-19-30/h14-16,18-19,21,23,26-29,31-33,35-38H,13,17,20,22,24-25H2,1-12H3,(H,44,50)(H,45,51)/t28-,29+,31+,32+,33+,35+,36+,37+,38-/m1/s1. The zero-order valence-corrected chi connectivity index (χ0v) is 36.1. The van der Waals surface area contributed by atoms with Crippen molar-refractivity contribution in [3.8, 4) is 0 Å². The zero-order valence-electron chi connectivity index (χ0n) is 35.3. The Labute approximate surface area is 334 Å². The number of carbonyl (C=O) groups is 4. The van der Waals surface area contributed by atoms with Gasteiger partial charge >= 0.3 is 0 Å². The summed E-state index contributed by atoms with van der Waals surface area (Å²) < 4.78 is 12.1. The summed E-state index contributed by atoms with van der Waals surface area (Å²) in [5.41, 5.74) is 1.09. The number of benzene rings is 1. The highest BCUT2D eigenvalue weighted by atomic mass is 32.1. The third-order valence-corrected chi connectivity index (χ3v) is 12.2. The van der Waals surface area contributed by atoms with Gasteiger partial charge in [-0.3, -0.25) is 24.1 Å². The number of carbonyl (C=O) groups excluding carboxylic acids is 4. The first-order valence-electron chi connectivity index (χ1n) is 19.9. The molecule has 9 atom stereocenters. The van der Waals surface area contributed by atoms with Crippen molar-refractivity contribution in [3.05, 3.63) is 52.5 Å². The van der Waals surface area contributed by atoms with Crippen LogP contribution in [-0.4, -0.2) is 122 Å². The minimum absolute atomic E-state index is 0.00751. The monoisotopic (exact) mass is 784 g/mol. The number of hydrogen-bond acceptors (Lipinski definition) is 9. The second kappa shape index (κ2) is 21.8. The van der Waals surface area contributed by atoms with Gasteiger partial charge in [0.25, 0.3) is 0 Å². The Kier molecular flexibility index (Phi) is 18.2. The second-order valence-electron chi connectivity index (χ2n) is 16.1. The summed E-state index contributed by atoms with van der Waals surface area (Å²) in [7, 11) is 8.66. The van der Waals surface area contributed by atoms with Crippen molar-refractivity contribution in [2.75, 3.05) is 41.9 Å². The molecule has 2 aromatic rings. The summed E-state index contributed by atoms with van der Waals surface area (Å²) in [6.45, 7) is 14.3. The van der Waals surface area contributed by atoms with Gasteiger partial charge < -0.3 is 29.9 Å². The fourth-order valence-electron chi connectivity index (χ4n) is 8.17. The Hall–Kier alpha value is -3.39. The van der Waals surface area contributed by atoms with Crippen molar-refractivity contribution in [2.45, 2.75) is 123 Å². The van der Waals surface area contributed by atoms with Crippen LogP contribution in [0.4, 0.5) is 0 Å². The van der Waals surface area contributed by atoms with Crippen LogP contribution in [0, 0.1) is 23.7 Å². The highest BCUT2D eigenvalue weighted by Gasteiger charge is 2.43. The molecule has 1 aliphatic rings. The van der Waals surface area contributed by atoms with E-state index in [4.69, 9.17) is 9.47 Å². The van der Waals surface area contributed by atoms with Crippen LogP contribution < -0.4 is 10.6 Å². The first kappa shape index (κ1) is 46.0. The molecule has 2 heterocycles. The fourth-order valence-corrected chi connectivity index (χ4v) is 8.86. The molecular weight excluding hydrogens is 717 g/mol. The number of methoxy groups -OCH3 is 2. The number of rotatable bonds is 21. The van der Waals surface area contributed by atoms with Crippen molar-refractivity contribution >= 4 is 35.0 Å². The number of ether oxygens (including phenoxy) is 2. The number of amides is 4. The average Bonchev–Trinajstić information content (AvgIpc) is 3.87. The number of likely N-dealkylation sites (tertiary alicyclic amines) is 1. The van der Waals surface area contributed by atoms with E-state index in [9.17, 15) is 19.2 Å². The molecule has 0 aliphatic carbocycles. The molecule has 55 heavy (non-hydrogen) atoms. The minimum Gasteiger partial charge on any atom is -0.379 e. The van der Waals surface area contributed by atoms with Crippen molar-refractivity contribution in [3.63, 3.8) is 0 Å². The number of thiazole rings is 1. The lowest BCUT2D eigenvalue weighted by molar-refractivity contribution is -0.148. The van der Waals surface area contributed by atoms with E-state index in [0.717, 1.165) is 23.4 Å². The maximum absolute atomic E-state index is 14.3. The Morgan fingerprint density at radius 1 is 0.945 bits per heavy atom. The molecule has 0 spiro atoms. The van der Waals surface area contributed by atoms with Gasteiger partial charge in [-0.15, -0.1) is 11.3 Å². The molecule has 1 saturated heterocycles. The SMILES string of the molecule is CC[C@@H](C)[C@@H]([C@H](CC(=O)N1CCC[C@H]1[C@H](OC)[C@H](C)C(=O)N[C@@H](Cc1ccccc1)c1nccs1)OC)N(C)C(=O)[C@@H](NC(=O)[C@H](C(C)C)N(C)C)C(C)C. The smallest absolute Gasteiger partial charge is 0.245 e. The van der Waals surface area contributed by atoms with Gasteiger partial charge in [-0.2, -0.15) is 0 Å². The molecule has 3 rings (SSSR count). The Bertz CT molecular complexity index is 1480. The lowest BCUT2D eigenvalue weighted by atomic mass is 9.89. The molecule has 0 unspecified atom stereocenters. The number of aromatic nitrogens is 1. The molecule has 0 saturated carbocycles. The predicted octanol–water partition coefficient (Wildman–Crippen LogP) is 5.19. The predicted molar refractivity (Wildman–Crippen MR) is 218 cm³/mol. The Morgan fingerprint density at radius 3 is 2.15 bits per heavy atom. The summed E-state index contributed by atoms with van der Waals surface area (Å²) in [5, 5.41) is 9.02. The lowest BCUT2D eigenvalue weighted by Crippen LogP contribution is -2.59. The molecule has 0 bridgehead atoms. The van der Waals surface area contributed by atoms with Gasteiger partial charge in [0.05, 0.1) is 48.7 Å². The molecule has 1 fully saturated rings. The molecule has 1 aromatic carbocycles. The maximum atomic E-state index is 14.3. The molecule has 13 heteroatoms. The summed E-state index contributed by atoms with van der Waals surface area (Å²) in [4.78, 5) is 65.8. The van der Waals surface area contributed by atoms with Gasteiger partial charge in [0, 0.05) is 39.4 Å². The van der Waals surface area contributed by atoms with Crippen molar-refractivity contribution in [1.82, 2.24) is 30.3 Å². The van der Waals surface area contributed by atoms with Crippen LogP contribution in [-0.2, 0) is 35.1 Å². The van der Waals surface area contributed by atoms with Crippen LogP contribution in [0.3, 0.4) is 0 Å². The van der Waals surface area contributed by atoms with E-state index in [2.05, 4.69) is 29.5 Å². The highest BCUT2D eigenvalue weighted by Crippen LogP contribution is 2.30. The first-order valence-corrected chi connectivity index (χ1v) is 20.8. The van der Waals surface area contributed by atoms with Crippen LogP contribution >= 0.6 is 11.3 Å². The van der Waals surface area contributed by atoms with E-state index < -0.39 is 30.2 Å². The molecular formula is C42H68N6O6S. The van der Waals surface area contributed by atoms with Crippen molar-refractivity contribution in [1.29, 1.82) is 0 Å². The lowest BCUT2D eigenvalue weighted by Gasteiger charge is -2.41. The van der Waals surface area contributed by atoms with Crippen LogP contribution in [0.5, 0.6) is 0 Å². The third-order valence-electron chi connectivity index (χ3n) is 11.3. The van der Waals surface area contributed by atoms with E-state index in [1.54, 1.807) is 32.4 Å². The minimum atomic E-state index is -0.751. The summed E-state index contributed by atoms with van der Waals surface area (Å²) >= 11 is 1.51. The Balaban J connectivity index is 1.79. The van der Waals surface area contributed by atoms with E-state index >= 15 is 0 Å². The van der Waals surface area contributed by atoms with Crippen molar-refractivity contribution in [2.24, 2.45) is 23.7 Å². The van der Waals surface area contributed by atoms with Gasteiger partial charge in [-0.25, -0.2) is 4.98 Å². The normalized spacial score (nSPS) is 19.0. The van der Waals surface area contributed by atoms with Gasteiger partial charge in [-0.1, -0.05) is 85.2 Å². The summed E-state index contributed by atoms with van der Waals surface area (Å²) in [5.74, 6) is -1.35. The van der Waals surface area contributed by atoms with Gasteiger partial charge in [0.15, 0.2) is 0 Å². The third kappa shape index (κ3) is 12.1. The maximum Gasteiger partial charge on any atom is 0.245 e. The molecule has 2 N–H and O–H groups in total. The van der Waals surface area contributed by atoms with Gasteiger partial charge in [-0.05, 0) is 56.7 Å². The van der Waals surface area contributed by atoms with E-state index in [-0.39, 0.29) is 65.9 Å². The number of likely N-dealkylation sites (N-methyl/N-ethyl adjacent to an activating group) is 2. The molecule has 0 radical (unpaired) electrons. The molecule has 308 valence electrons. The topological polar surface area (TPSA) is 133 Å². The van der Waals surface area contributed by atoms with Crippen molar-refractivity contribution < 1.29 is 28.7 Å². The highest BCUT2D eigenvalue weighted by molar-refractivity contribution is 7.09. The molecule has 1 aliphatic heterocycles. The van der Waals surface area contributed by atoms with Crippen LogP contribution in [0.25, 0.3) is 0 Å². The second-order valence-corrected chi connectivity index (χ2v) is 17.0. The quantitative estimate of drug-likeness (QED) is 0.177. The first-order chi connectivity index (χ1) is 26.1. The number of nitrogens with one attached hydrogen (secondary N) is 2. The van der Waals surface area contributed by atoms with E-state index in [0.29, 0.717) is 19.4 Å². The fraction of sp³-hybridized carbons (Fsp3) is 0.690. The van der Waals surface area contributed by atoms with E-state index in [1.807, 2.05) is 94.2 Å². The molecule has 12 nitrogen and oxygen atoms in total. The number of nitrogens with zero attached hydrogens (tertiary/aromatic N) is 4.